The number of halogens is 4. The number of anilines is 1. The molecule has 3 N–H and O–H groups in total. The molecule has 2 rings (SSSR count). The van der Waals surface area contributed by atoms with Gasteiger partial charge in [0.15, 0.2) is 5.60 Å². The van der Waals surface area contributed by atoms with Crippen LogP contribution in [-0.2, 0) is 20.5 Å². The van der Waals surface area contributed by atoms with E-state index in [1.165, 1.54) is 19.9 Å². The number of esters is 1. The lowest BCUT2D eigenvalue weighted by Crippen LogP contribution is -2.41. The highest BCUT2D eigenvalue weighted by molar-refractivity contribution is 8.01. The Morgan fingerprint density at radius 2 is 1.80 bits per heavy atom. The first kappa shape index (κ1) is 23.7. The quantitative estimate of drug-likeness (QED) is 0.487. The highest BCUT2D eigenvalue weighted by atomic mass is 32.2. The van der Waals surface area contributed by atoms with Gasteiger partial charge in [-0.3, -0.25) is 14.4 Å². The van der Waals surface area contributed by atoms with E-state index in [4.69, 9.17) is 10.5 Å². The molecule has 2 aromatic rings. The van der Waals surface area contributed by atoms with Crippen LogP contribution in [0.5, 0.6) is 0 Å². The third kappa shape index (κ3) is 5.72. The third-order valence-electron chi connectivity index (χ3n) is 3.62. The number of alkyl halides is 3. The zero-order valence-electron chi connectivity index (χ0n) is 15.8. The largest absolute Gasteiger partial charge is 0.450 e. The molecule has 0 bridgehead atoms. The first-order valence-corrected chi connectivity index (χ1v) is 9.83. The van der Waals surface area contributed by atoms with Crippen molar-refractivity contribution >= 4 is 45.9 Å². The molecular weight excluding hydrogens is 448 g/mol. The number of nitrogens with one attached hydrogen (secondary N) is 1. The van der Waals surface area contributed by atoms with Crippen LogP contribution >= 0.6 is 23.1 Å². The molecule has 12 heteroatoms. The molecule has 0 saturated carbocycles. The molecule has 2 amide bonds. The number of hydrogen-bond donors (Lipinski definition) is 2. The van der Waals surface area contributed by atoms with Crippen molar-refractivity contribution in [2.45, 2.75) is 41.7 Å². The fourth-order valence-corrected chi connectivity index (χ4v) is 4.39. The monoisotopic (exact) mass is 464 g/mol. The number of ether oxygens (including phenoxy) is 1. The number of benzene rings is 1. The fraction of sp³-hybridized carbons (Fsp3) is 0.278. The molecule has 0 aliphatic rings. The second-order valence-electron chi connectivity index (χ2n) is 6.48. The molecule has 1 aromatic heterocycles. The zero-order valence-corrected chi connectivity index (χ0v) is 17.5. The van der Waals surface area contributed by atoms with Crippen LogP contribution in [0.4, 0.5) is 22.6 Å². The lowest BCUT2D eigenvalue weighted by atomic mass is 10.1. The third-order valence-corrected chi connectivity index (χ3v) is 5.83. The number of thiophene rings is 1. The first-order valence-electron chi connectivity index (χ1n) is 8.20. The number of carbonyl (C=O) groups excluding carboxylic acids is 3. The number of hydrogen-bond acceptors (Lipinski definition) is 6. The maximum absolute atomic E-state index is 14.1. The Kier molecular flexibility index (Phi) is 6.82. The lowest BCUT2D eigenvalue weighted by molar-refractivity contribution is -0.160. The Bertz CT molecular complexity index is 1000. The number of amides is 2. The van der Waals surface area contributed by atoms with Crippen LogP contribution < -0.4 is 11.1 Å². The van der Waals surface area contributed by atoms with Gasteiger partial charge in [-0.1, -0.05) is 11.8 Å². The maximum Gasteiger partial charge on any atom is 0.416 e. The van der Waals surface area contributed by atoms with Gasteiger partial charge in [0.1, 0.15) is 10.8 Å². The summed E-state index contributed by atoms with van der Waals surface area (Å²) in [5, 5.41) is 2.46. The van der Waals surface area contributed by atoms with Crippen LogP contribution in [0, 0.1) is 5.82 Å². The van der Waals surface area contributed by atoms with E-state index in [9.17, 15) is 31.9 Å². The molecule has 0 fully saturated rings. The Morgan fingerprint density at radius 3 is 2.30 bits per heavy atom. The predicted octanol–water partition coefficient (Wildman–Crippen LogP) is 4.44. The maximum atomic E-state index is 14.1. The van der Waals surface area contributed by atoms with E-state index in [0.717, 1.165) is 42.2 Å². The summed E-state index contributed by atoms with van der Waals surface area (Å²) in [5.74, 6) is -3.40. The van der Waals surface area contributed by atoms with E-state index in [2.05, 4.69) is 5.32 Å². The first-order chi connectivity index (χ1) is 13.7. The van der Waals surface area contributed by atoms with E-state index in [-0.39, 0.29) is 15.5 Å². The van der Waals surface area contributed by atoms with Crippen LogP contribution in [0.15, 0.2) is 33.4 Å². The van der Waals surface area contributed by atoms with Gasteiger partial charge in [-0.15, -0.1) is 11.3 Å². The van der Waals surface area contributed by atoms with Crippen molar-refractivity contribution in [2.24, 2.45) is 5.73 Å². The van der Waals surface area contributed by atoms with E-state index >= 15 is 0 Å². The fourth-order valence-electron chi connectivity index (χ4n) is 2.22. The van der Waals surface area contributed by atoms with Gasteiger partial charge in [0, 0.05) is 11.8 Å². The number of nitrogens with two attached hydrogens (primary N) is 1. The lowest BCUT2D eigenvalue weighted by Gasteiger charge is -2.22. The van der Waals surface area contributed by atoms with Gasteiger partial charge in [-0.2, -0.15) is 13.2 Å². The van der Waals surface area contributed by atoms with Crippen LogP contribution in [0.1, 0.15) is 36.7 Å². The molecule has 0 aliphatic heterocycles. The van der Waals surface area contributed by atoms with E-state index in [1.54, 1.807) is 0 Å². The van der Waals surface area contributed by atoms with Gasteiger partial charge in [0.25, 0.3) is 11.8 Å². The summed E-state index contributed by atoms with van der Waals surface area (Å²) in [4.78, 5) is 35.1. The summed E-state index contributed by atoms with van der Waals surface area (Å²) in [5.41, 5.74) is 2.55. The topological polar surface area (TPSA) is 98.5 Å². The van der Waals surface area contributed by atoms with Gasteiger partial charge in [0.05, 0.1) is 15.3 Å². The second-order valence-corrected chi connectivity index (χ2v) is 8.87. The molecule has 1 aromatic carbocycles. The van der Waals surface area contributed by atoms with Crippen LogP contribution in [0.3, 0.4) is 0 Å². The number of rotatable bonds is 6. The summed E-state index contributed by atoms with van der Waals surface area (Å²) >= 11 is 1.63. The Labute approximate surface area is 176 Å². The SMILES string of the molecule is CC(=O)OC(C)(C)C(=O)Nc1sc(Sc2ccc(C(F)(F)F)cc2F)cc1C(N)=O. The molecule has 30 heavy (non-hydrogen) atoms. The van der Waals surface area contributed by atoms with Gasteiger partial charge < -0.3 is 15.8 Å². The minimum Gasteiger partial charge on any atom is -0.450 e. The van der Waals surface area contributed by atoms with Gasteiger partial charge in [-0.25, -0.2) is 4.39 Å². The van der Waals surface area contributed by atoms with Crippen molar-refractivity contribution in [2.75, 3.05) is 5.32 Å². The predicted molar refractivity (Wildman–Crippen MR) is 103 cm³/mol. The van der Waals surface area contributed by atoms with E-state index in [0.29, 0.717) is 10.3 Å². The standard InChI is InChI=1S/C18H16F4N2O4S2/c1-8(25)28-17(2,3)16(27)24-15-10(14(23)26)7-13(30-15)29-12-5-4-9(6-11(12)19)18(20,21)22/h4-7H,1-3H3,(H2,23,26)(H,24,27). The average molecular weight is 464 g/mol. The molecule has 0 spiro atoms. The Hall–Kier alpha value is -2.60. The minimum absolute atomic E-state index is 0.0301. The van der Waals surface area contributed by atoms with E-state index < -0.39 is 40.9 Å². The Balaban J connectivity index is 2.29. The van der Waals surface area contributed by atoms with Gasteiger partial charge in [0.2, 0.25) is 0 Å². The summed E-state index contributed by atoms with van der Waals surface area (Å²) in [6, 6.07) is 3.35. The minimum atomic E-state index is -4.68. The second kappa shape index (κ2) is 8.64. The molecule has 162 valence electrons. The molecule has 0 unspecified atom stereocenters. The summed E-state index contributed by atoms with van der Waals surface area (Å²) < 4.78 is 57.3. The highest BCUT2D eigenvalue weighted by Gasteiger charge is 2.33. The summed E-state index contributed by atoms with van der Waals surface area (Å²) in [6.45, 7) is 3.81. The highest BCUT2D eigenvalue weighted by Crippen LogP contribution is 2.41. The number of primary amides is 1. The van der Waals surface area contributed by atoms with E-state index in [1.807, 2.05) is 0 Å². The van der Waals surface area contributed by atoms with Crippen LogP contribution in [0.2, 0.25) is 0 Å². The number of carbonyl (C=O) groups is 3. The molecule has 0 saturated heterocycles. The average Bonchev–Trinajstić information content (AvgIpc) is 2.97. The molecular formula is C18H16F4N2O4S2. The van der Waals surface area contributed by atoms with Gasteiger partial charge in [-0.05, 0) is 38.1 Å². The molecule has 0 aliphatic carbocycles. The van der Waals surface area contributed by atoms with Crippen molar-refractivity contribution in [1.82, 2.24) is 0 Å². The zero-order chi connectivity index (χ0) is 22.9. The van der Waals surface area contributed by atoms with Crippen molar-refractivity contribution in [3.63, 3.8) is 0 Å². The summed E-state index contributed by atoms with van der Waals surface area (Å²) in [7, 11) is 0. The van der Waals surface area contributed by atoms with Crippen molar-refractivity contribution in [1.29, 1.82) is 0 Å². The summed E-state index contributed by atoms with van der Waals surface area (Å²) in [6.07, 6.45) is -4.68. The normalized spacial score (nSPS) is 11.8. The molecule has 6 nitrogen and oxygen atoms in total. The smallest absolute Gasteiger partial charge is 0.416 e. The van der Waals surface area contributed by atoms with Crippen molar-refractivity contribution < 1.29 is 36.7 Å². The van der Waals surface area contributed by atoms with Crippen molar-refractivity contribution in [3.05, 3.63) is 41.2 Å². The molecule has 0 atom stereocenters. The molecule has 0 radical (unpaired) electrons. The van der Waals surface area contributed by atoms with Crippen molar-refractivity contribution in [3.8, 4) is 0 Å². The van der Waals surface area contributed by atoms with Crippen LogP contribution in [0.25, 0.3) is 0 Å². The van der Waals surface area contributed by atoms with Gasteiger partial charge >= 0.3 is 12.1 Å². The molecule has 1 heterocycles. The Morgan fingerprint density at radius 1 is 1.17 bits per heavy atom. The van der Waals surface area contributed by atoms with Crippen LogP contribution in [-0.4, -0.2) is 23.4 Å².